The van der Waals surface area contributed by atoms with Crippen LogP contribution in [0.1, 0.15) is 31.3 Å². The summed E-state index contributed by atoms with van der Waals surface area (Å²) in [5, 5.41) is 2.97. The molecule has 0 radical (unpaired) electrons. The lowest BCUT2D eigenvalue weighted by molar-refractivity contribution is -0.00521. The summed E-state index contributed by atoms with van der Waals surface area (Å²) < 4.78 is 8.61. The van der Waals surface area contributed by atoms with Crippen molar-refractivity contribution in [1.82, 2.24) is 4.57 Å². The Bertz CT molecular complexity index is 732. The van der Waals surface area contributed by atoms with Gasteiger partial charge in [0.2, 0.25) is 0 Å². The quantitative estimate of drug-likeness (QED) is 0.831. The van der Waals surface area contributed by atoms with E-state index in [-0.39, 0.29) is 18.1 Å². The number of nitrogens with zero attached hydrogens (tertiary/aromatic N) is 2. The van der Waals surface area contributed by atoms with E-state index in [0.29, 0.717) is 5.69 Å². The van der Waals surface area contributed by atoms with Gasteiger partial charge in [-0.15, -0.1) is 0 Å². The van der Waals surface area contributed by atoms with Crippen molar-refractivity contribution in [3.8, 4) is 0 Å². The van der Waals surface area contributed by atoms with Crippen LogP contribution in [0.15, 0.2) is 41.0 Å². The molecule has 2 heterocycles. The summed E-state index contributed by atoms with van der Waals surface area (Å²) in [5.41, 5.74) is 2.59. The number of hydrogen-bond donors (Lipinski definition) is 1. The second-order valence-corrected chi connectivity index (χ2v) is 7.41. The highest BCUT2D eigenvalue weighted by molar-refractivity contribution is 9.10. The molecule has 0 spiro atoms. The highest BCUT2D eigenvalue weighted by atomic mass is 79.9. The van der Waals surface area contributed by atoms with Crippen LogP contribution in [-0.2, 0) is 11.3 Å². The van der Waals surface area contributed by atoms with Crippen molar-refractivity contribution in [3.63, 3.8) is 0 Å². The predicted molar refractivity (Wildman–Crippen MR) is 104 cm³/mol. The largest absolute Gasteiger partial charge is 0.372 e. The first-order valence-electron chi connectivity index (χ1n) is 8.63. The van der Waals surface area contributed by atoms with Crippen LogP contribution in [0.2, 0.25) is 0 Å². The average Bonchev–Trinajstić information content (AvgIpc) is 2.96. The minimum absolute atomic E-state index is 0.103. The summed E-state index contributed by atoms with van der Waals surface area (Å²) in [5.74, 6) is -0.103. The number of rotatable bonds is 4. The van der Waals surface area contributed by atoms with E-state index in [1.165, 1.54) is 0 Å². The zero-order valence-corrected chi connectivity index (χ0v) is 16.4. The van der Waals surface area contributed by atoms with Crippen LogP contribution in [-0.4, -0.2) is 35.8 Å². The maximum Gasteiger partial charge on any atom is 0.272 e. The van der Waals surface area contributed by atoms with Crippen LogP contribution in [0.3, 0.4) is 0 Å². The number of anilines is 2. The van der Waals surface area contributed by atoms with Gasteiger partial charge in [0.1, 0.15) is 5.69 Å². The summed E-state index contributed by atoms with van der Waals surface area (Å²) in [6.45, 7) is 8.72. The Morgan fingerprint density at radius 2 is 1.88 bits per heavy atom. The molecule has 1 N–H and O–H groups in total. The molecular weight excluding hydrogens is 382 g/mol. The van der Waals surface area contributed by atoms with Gasteiger partial charge in [0.15, 0.2) is 0 Å². The van der Waals surface area contributed by atoms with Gasteiger partial charge in [-0.05, 0) is 67.0 Å². The Kier molecular flexibility index (Phi) is 5.49. The van der Waals surface area contributed by atoms with Crippen LogP contribution in [0.4, 0.5) is 11.4 Å². The fourth-order valence-corrected chi connectivity index (χ4v) is 3.73. The molecule has 0 aliphatic carbocycles. The molecule has 6 heteroatoms. The Hall–Kier alpha value is -1.79. The molecule has 5 nitrogen and oxygen atoms in total. The fourth-order valence-electron chi connectivity index (χ4n) is 3.27. The first-order valence-corrected chi connectivity index (χ1v) is 9.43. The number of halogens is 1. The van der Waals surface area contributed by atoms with E-state index < -0.39 is 0 Å². The number of benzene rings is 1. The number of nitrogens with one attached hydrogen (secondary N) is 1. The molecular formula is C19H24BrN3O2. The van der Waals surface area contributed by atoms with E-state index >= 15 is 0 Å². The molecule has 1 fully saturated rings. The first kappa shape index (κ1) is 18.0. The number of aryl methyl sites for hydroxylation is 1. The van der Waals surface area contributed by atoms with Gasteiger partial charge in [0, 0.05) is 41.7 Å². The monoisotopic (exact) mass is 405 g/mol. The number of carbonyl (C=O) groups is 1. The minimum Gasteiger partial charge on any atom is -0.372 e. The number of morpholine rings is 1. The lowest BCUT2D eigenvalue weighted by Gasteiger charge is -2.36. The van der Waals surface area contributed by atoms with Gasteiger partial charge < -0.3 is 19.5 Å². The van der Waals surface area contributed by atoms with Crippen molar-refractivity contribution in [3.05, 3.63) is 46.7 Å². The molecule has 1 amide bonds. The highest BCUT2D eigenvalue weighted by Crippen LogP contribution is 2.23. The normalized spacial score (nSPS) is 20.6. The highest BCUT2D eigenvalue weighted by Gasteiger charge is 2.22. The molecule has 2 unspecified atom stereocenters. The summed E-state index contributed by atoms with van der Waals surface area (Å²) in [7, 11) is 0. The maximum atomic E-state index is 12.5. The third-order valence-corrected chi connectivity index (χ3v) is 4.78. The van der Waals surface area contributed by atoms with Crippen LogP contribution in [0.5, 0.6) is 0 Å². The lowest BCUT2D eigenvalue weighted by atomic mass is 10.2. The third-order valence-electron chi connectivity index (χ3n) is 4.35. The fraction of sp³-hybridized carbons (Fsp3) is 0.421. The zero-order chi connectivity index (χ0) is 18.0. The first-order chi connectivity index (χ1) is 12.0. The average molecular weight is 406 g/mol. The Morgan fingerprint density at radius 3 is 2.48 bits per heavy atom. The summed E-state index contributed by atoms with van der Waals surface area (Å²) >= 11 is 3.42. The van der Waals surface area contributed by atoms with Crippen molar-refractivity contribution in [1.29, 1.82) is 0 Å². The minimum atomic E-state index is -0.103. The van der Waals surface area contributed by atoms with Gasteiger partial charge in [-0.2, -0.15) is 0 Å². The molecule has 0 saturated carbocycles. The van der Waals surface area contributed by atoms with Crippen molar-refractivity contribution in [2.75, 3.05) is 23.3 Å². The Morgan fingerprint density at radius 1 is 1.24 bits per heavy atom. The van der Waals surface area contributed by atoms with E-state index in [2.05, 4.69) is 52.1 Å². The maximum absolute atomic E-state index is 12.5. The third kappa shape index (κ3) is 4.25. The number of aromatic nitrogens is 1. The van der Waals surface area contributed by atoms with Crippen molar-refractivity contribution in [2.45, 2.75) is 39.5 Å². The van der Waals surface area contributed by atoms with Gasteiger partial charge >= 0.3 is 0 Å². The summed E-state index contributed by atoms with van der Waals surface area (Å²) in [4.78, 5) is 14.8. The summed E-state index contributed by atoms with van der Waals surface area (Å²) in [6.07, 6.45) is 2.37. The number of carbonyl (C=O) groups excluding carboxylic acids is 1. The molecule has 25 heavy (non-hydrogen) atoms. The van der Waals surface area contributed by atoms with Crippen LogP contribution in [0.25, 0.3) is 0 Å². The van der Waals surface area contributed by atoms with Crippen LogP contribution < -0.4 is 10.2 Å². The van der Waals surface area contributed by atoms with Crippen LogP contribution >= 0.6 is 15.9 Å². The van der Waals surface area contributed by atoms with E-state index in [4.69, 9.17) is 4.74 Å². The predicted octanol–water partition coefficient (Wildman–Crippen LogP) is 4.14. The van der Waals surface area contributed by atoms with Crippen LogP contribution in [0, 0.1) is 0 Å². The summed E-state index contributed by atoms with van der Waals surface area (Å²) in [6, 6.07) is 9.84. The number of hydrogen-bond acceptors (Lipinski definition) is 3. The molecule has 134 valence electrons. The lowest BCUT2D eigenvalue weighted by Crippen LogP contribution is -2.45. The molecule has 1 aromatic carbocycles. The number of ether oxygens (including phenoxy) is 1. The standard InChI is InChI=1S/C19H24BrN3O2/c1-4-22-12-15(20)9-18(22)19(24)21-16-5-7-17(8-6-16)23-10-13(2)25-14(3)11-23/h5-9,12-14H,4,10-11H2,1-3H3,(H,21,24). The van der Waals surface area contributed by atoms with Crippen molar-refractivity contribution in [2.24, 2.45) is 0 Å². The van der Waals surface area contributed by atoms with Gasteiger partial charge in [-0.25, -0.2) is 0 Å². The topological polar surface area (TPSA) is 46.5 Å². The van der Waals surface area contributed by atoms with E-state index in [9.17, 15) is 4.79 Å². The molecule has 2 atom stereocenters. The van der Waals surface area contributed by atoms with Gasteiger partial charge in [0.05, 0.1) is 12.2 Å². The van der Waals surface area contributed by atoms with E-state index in [1.54, 1.807) is 0 Å². The van der Waals surface area contributed by atoms with Gasteiger partial charge in [-0.3, -0.25) is 4.79 Å². The molecule has 1 aromatic heterocycles. The van der Waals surface area contributed by atoms with E-state index in [0.717, 1.165) is 35.5 Å². The Balaban J connectivity index is 1.69. The Labute approximate surface area is 157 Å². The second-order valence-electron chi connectivity index (χ2n) is 6.49. The second kappa shape index (κ2) is 7.62. The smallest absolute Gasteiger partial charge is 0.272 e. The van der Waals surface area contributed by atoms with E-state index in [1.807, 2.05) is 35.9 Å². The number of amides is 1. The molecule has 1 aliphatic heterocycles. The molecule has 3 rings (SSSR count). The van der Waals surface area contributed by atoms with Crippen molar-refractivity contribution < 1.29 is 9.53 Å². The SMILES string of the molecule is CCn1cc(Br)cc1C(=O)Nc1ccc(N2CC(C)OC(C)C2)cc1. The van der Waals surface area contributed by atoms with Crippen molar-refractivity contribution >= 4 is 33.2 Å². The molecule has 1 saturated heterocycles. The molecule has 0 bridgehead atoms. The van der Waals surface area contributed by atoms with Gasteiger partial charge in [-0.1, -0.05) is 0 Å². The zero-order valence-electron chi connectivity index (χ0n) is 14.8. The molecule has 2 aromatic rings. The van der Waals surface area contributed by atoms with Gasteiger partial charge in [0.25, 0.3) is 5.91 Å². The molecule has 1 aliphatic rings.